The van der Waals surface area contributed by atoms with Gasteiger partial charge in [0.1, 0.15) is 5.78 Å². The van der Waals surface area contributed by atoms with Gasteiger partial charge in [-0.3, -0.25) is 9.69 Å². The third-order valence-electron chi connectivity index (χ3n) is 3.41. The average molecular weight is 191 g/mol. The Morgan fingerprint density at radius 3 is 3.00 bits per heavy atom. The number of rotatable bonds is 3. The zero-order chi connectivity index (χ0) is 10.1. The molecule has 1 aliphatic carbocycles. The number of hydrogen-bond acceptors (Lipinski definition) is 2. The molecule has 2 fully saturated rings. The summed E-state index contributed by atoms with van der Waals surface area (Å²) in [6.07, 6.45) is 3.71. The van der Waals surface area contributed by atoms with Gasteiger partial charge in [-0.15, -0.1) is 0 Å². The van der Waals surface area contributed by atoms with Gasteiger partial charge in [0.15, 0.2) is 0 Å². The first kappa shape index (κ1) is 9.66. The van der Waals surface area contributed by atoms with Crippen LogP contribution in [0.2, 0.25) is 0 Å². The van der Waals surface area contributed by atoms with Crippen LogP contribution < -0.4 is 0 Å². The van der Waals surface area contributed by atoms with E-state index in [4.69, 9.17) is 0 Å². The Balaban J connectivity index is 1.92. The number of ketones is 1. The molecule has 76 valence electrons. The van der Waals surface area contributed by atoms with Crippen molar-refractivity contribution in [3.05, 3.63) is 24.8 Å². The number of fused-ring (bicyclic) bond motifs is 1. The molecule has 0 bridgehead atoms. The van der Waals surface area contributed by atoms with E-state index in [9.17, 15) is 4.79 Å². The molecule has 1 aliphatic heterocycles. The Kier molecular flexibility index (Phi) is 2.55. The fraction of sp³-hybridized carbons (Fsp3) is 0.583. The Hall–Kier alpha value is -0.890. The van der Waals surface area contributed by atoms with Gasteiger partial charge in [0.2, 0.25) is 0 Å². The SMILES string of the molecule is C=CC(=C)CN1CC2CCC(=O)C2C1. The highest BCUT2D eigenvalue weighted by molar-refractivity contribution is 5.84. The zero-order valence-corrected chi connectivity index (χ0v) is 8.54. The molecule has 0 radical (unpaired) electrons. The number of likely N-dealkylation sites (tertiary alicyclic amines) is 1. The van der Waals surface area contributed by atoms with E-state index in [2.05, 4.69) is 18.1 Å². The minimum atomic E-state index is 0.326. The third kappa shape index (κ3) is 1.67. The van der Waals surface area contributed by atoms with Gasteiger partial charge in [-0.2, -0.15) is 0 Å². The summed E-state index contributed by atoms with van der Waals surface area (Å²) in [7, 11) is 0. The van der Waals surface area contributed by atoms with Gasteiger partial charge in [0.05, 0.1) is 0 Å². The molecule has 2 unspecified atom stereocenters. The molecule has 1 heterocycles. The average Bonchev–Trinajstić information content (AvgIpc) is 2.69. The lowest BCUT2D eigenvalue weighted by molar-refractivity contribution is -0.120. The quantitative estimate of drug-likeness (QED) is 0.632. The number of hydrogen-bond donors (Lipinski definition) is 0. The standard InChI is InChI=1S/C12H17NO/c1-3-9(2)6-13-7-10-4-5-12(14)11(10)8-13/h3,10-11H,1-2,4-8H2. The molecule has 0 N–H and O–H groups in total. The van der Waals surface area contributed by atoms with Crippen LogP contribution in [0.1, 0.15) is 12.8 Å². The molecule has 2 nitrogen and oxygen atoms in total. The van der Waals surface area contributed by atoms with Crippen molar-refractivity contribution in [1.82, 2.24) is 4.90 Å². The molecule has 2 heteroatoms. The fourth-order valence-corrected chi connectivity index (χ4v) is 2.61. The van der Waals surface area contributed by atoms with E-state index in [1.165, 1.54) is 0 Å². The molecule has 2 atom stereocenters. The predicted molar refractivity (Wildman–Crippen MR) is 57.0 cm³/mol. The Labute approximate surface area is 85.3 Å². The van der Waals surface area contributed by atoms with Crippen molar-refractivity contribution in [3.8, 4) is 0 Å². The minimum Gasteiger partial charge on any atom is -0.299 e. The lowest BCUT2D eigenvalue weighted by Gasteiger charge is -2.16. The normalized spacial score (nSPS) is 31.9. The number of carbonyl (C=O) groups is 1. The van der Waals surface area contributed by atoms with Gasteiger partial charge < -0.3 is 0 Å². The molecule has 0 aromatic carbocycles. The maximum absolute atomic E-state index is 11.5. The van der Waals surface area contributed by atoms with E-state index < -0.39 is 0 Å². The van der Waals surface area contributed by atoms with Crippen LogP contribution in [0.4, 0.5) is 0 Å². The van der Waals surface area contributed by atoms with Crippen LogP contribution in [0.15, 0.2) is 24.8 Å². The zero-order valence-electron chi connectivity index (χ0n) is 8.54. The van der Waals surface area contributed by atoms with Crippen LogP contribution in [0.25, 0.3) is 0 Å². The van der Waals surface area contributed by atoms with Gasteiger partial charge in [-0.1, -0.05) is 19.2 Å². The van der Waals surface area contributed by atoms with Gasteiger partial charge in [0, 0.05) is 32.0 Å². The van der Waals surface area contributed by atoms with Crippen molar-refractivity contribution in [2.45, 2.75) is 12.8 Å². The van der Waals surface area contributed by atoms with Crippen molar-refractivity contribution in [3.63, 3.8) is 0 Å². The monoisotopic (exact) mass is 191 g/mol. The highest BCUT2D eigenvalue weighted by Gasteiger charge is 2.41. The smallest absolute Gasteiger partial charge is 0.137 e. The van der Waals surface area contributed by atoms with Gasteiger partial charge in [0.25, 0.3) is 0 Å². The molecule has 2 aliphatic rings. The summed E-state index contributed by atoms with van der Waals surface area (Å²) in [6, 6.07) is 0. The highest BCUT2D eigenvalue weighted by Crippen LogP contribution is 2.35. The van der Waals surface area contributed by atoms with Crippen molar-refractivity contribution < 1.29 is 4.79 Å². The lowest BCUT2D eigenvalue weighted by Crippen LogP contribution is -2.24. The maximum Gasteiger partial charge on any atom is 0.137 e. The van der Waals surface area contributed by atoms with Crippen LogP contribution in [0.5, 0.6) is 0 Å². The molecule has 1 saturated heterocycles. The molecule has 1 saturated carbocycles. The topological polar surface area (TPSA) is 20.3 Å². The molecule has 14 heavy (non-hydrogen) atoms. The summed E-state index contributed by atoms with van der Waals surface area (Å²) in [5.41, 5.74) is 1.05. The molecule has 0 amide bonds. The van der Waals surface area contributed by atoms with E-state index in [0.29, 0.717) is 17.6 Å². The van der Waals surface area contributed by atoms with Crippen LogP contribution >= 0.6 is 0 Å². The first-order chi connectivity index (χ1) is 6.70. The van der Waals surface area contributed by atoms with Crippen molar-refractivity contribution >= 4 is 5.78 Å². The van der Waals surface area contributed by atoms with E-state index in [-0.39, 0.29) is 0 Å². The van der Waals surface area contributed by atoms with E-state index in [1.54, 1.807) is 6.08 Å². The molecule has 0 aromatic rings. The molecular weight excluding hydrogens is 174 g/mol. The maximum atomic E-state index is 11.5. The third-order valence-corrected chi connectivity index (χ3v) is 3.41. The van der Waals surface area contributed by atoms with Crippen LogP contribution in [0.3, 0.4) is 0 Å². The van der Waals surface area contributed by atoms with Crippen molar-refractivity contribution in [2.24, 2.45) is 11.8 Å². The summed E-state index contributed by atoms with van der Waals surface area (Å²) in [6.45, 7) is 10.5. The predicted octanol–water partition coefficient (Wildman–Crippen LogP) is 1.64. The van der Waals surface area contributed by atoms with E-state index >= 15 is 0 Å². The second-order valence-electron chi connectivity index (χ2n) is 4.43. The van der Waals surface area contributed by atoms with Crippen molar-refractivity contribution in [1.29, 1.82) is 0 Å². The number of nitrogens with zero attached hydrogens (tertiary/aromatic N) is 1. The molecule has 0 spiro atoms. The van der Waals surface area contributed by atoms with Crippen LogP contribution in [-0.2, 0) is 4.79 Å². The molecule has 2 rings (SSSR count). The van der Waals surface area contributed by atoms with Gasteiger partial charge >= 0.3 is 0 Å². The molecule has 0 aromatic heterocycles. The summed E-state index contributed by atoms with van der Waals surface area (Å²) in [5, 5.41) is 0. The second kappa shape index (κ2) is 3.70. The van der Waals surface area contributed by atoms with Gasteiger partial charge in [-0.05, 0) is 17.9 Å². The van der Waals surface area contributed by atoms with Crippen LogP contribution in [0, 0.1) is 11.8 Å². The number of Topliss-reactive ketones (excluding diaryl/α,β-unsaturated/α-hetero) is 1. The lowest BCUT2D eigenvalue weighted by atomic mass is 10.0. The van der Waals surface area contributed by atoms with E-state index in [1.807, 2.05) is 0 Å². The Morgan fingerprint density at radius 1 is 1.57 bits per heavy atom. The number of carbonyl (C=O) groups excluding carboxylic acids is 1. The van der Waals surface area contributed by atoms with Crippen LogP contribution in [-0.4, -0.2) is 30.3 Å². The first-order valence-electron chi connectivity index (χ1n) is 5.26. The second-order valence-corrected chi connectivity index (χ2v) is 4.43. The van der Waals surface area contributed by atoms with E-state index in [0.717, 1.165) is 38.0 Å². The summed E-state index contributed by atoms with van der Waals surface area (Å²) >= 11 is 0. The fourth-order valence-electron chi connectivity index (χ4n) is 2.61. The minimum absolute atomic E-state index is 0.326. The van der Waals surface area contributed by atoms with Gasteiger partial charge in [-0.25, -0.2) is 0 Å². The van der Waals surface area contributed by atoms with Crippen molar-refractivity contribution in [2.75, 3.05) is 19.6 Å². The Bertz CT molecular complexity index is 282. The summed E-state index contributed by atoms with van der Waals surface area (Å²) in [5.74, 6) is 1.43. The molecular formula is C12H17NO. The highest BCUT2D eigenvalue weighted by atomic mass is 16.1. The Morgan fingerprint density at radius 2 is 2.36 bits per heavy atom. The summed E-state index contributed by atoms with van der Waals surface area (Å²) in [4.78, 5) is 13.8. The first-order valence-corrected chi connectivity index (χ1v) is 5.26. The summed E-state index contributed by atoms with van der Waals surface area (Å²) < 4.78 is 0. The largest absolute Gasteiger partial charge is 0.299 e.